The van der Waals surface area contributed by atoms with Gasteiger partial charge in [0.15, 0.2) is 6.29 Å². The second-order valence-electron chi connectivity index (χ2n) is 7.17. The lowest BCUT2D eigenvalue weighted by molar-refractivity contribution is 0.522. The van der Waals surface area contributed by atoms with E-state index in [2.05, 4.69) is 6.07 Å². The van der Waals surface area contributed by atoms with E-state index < -0.39 is 0 Å². The van der Waals surface area contributed by atoms with Gasteiger partial charge in [-0.3, -0.25) is 4.79 Å². The summed E-state index contributed by atoms with van der Waals surface area (Å²) in [6, 6.07) is 2.21. The predicted octanol–water partition coefficient (Wildman–Crippen LogP) is 7.42. The van der Waals surface area contributed by atoms with Crippen molar-refractivity contribution in [2.24, 2.45) is 0 Å². The van der Waals surface area contributed by atoms with Gasteiger partial charge in [-0.2, -0.15) is 5.26 Å². The van der Waals surface area contributed by atoms with Gasteiger partial charge < -0.3 is 0 Å². The number of unbranched alkanes of at least 4 members (excludes halogenated alkanes) is 19. The maximum absolute atomic E-state index is 10.1. The molecule has 0 aromatic carbocycles. The topological polar surface area (TPSA) is 40.9 Å². The molecule has 0 fully saturated rings. The van der Waals surface area contributed by atoms with Crippen molar-refractivity contribution in [2.75, 3.05) is 0 Å². The van der Waals surface area contributed by atoms with Gasteiger partial charge in [-0.25, -0.2) is 0 Å². The molecular formula is C22H40NO. The molecule has 2 heteroatoms. The highest BCUT2D eigenvalue weighted by molar-refractivity contribution is 5.50. The summed E-state index contributed by atoms with van der Waals surface area (Å²) in [4.78, 5) is 10.1. The van der Waals surface area contributed by atoms with E-state index in [4.69, 9.17) is 5.26 Å². The first-order valence-electron chi connectivity index (χ1n) is 10.6. The molecule has 2 nitrogen and oxygen atoms in total. The van der Waals surface area contributed by atoms with Crippen LogP contribution < -0.4 is 0 Å². The molecule has 0 amide bonds. The highest BCUT2D eigenvalue weighted by Crippen LogP contribution is 2.14. The number of hydrogen-bond donors (Lipinski definition) is 0. The summed E-state index contributed by atoms with van der Waals surface area (Å²) in [5.74, 6) is 0. The lowest BCUT2D eigenvalue weighted by Gasteiger charge is -2.03. The Morgan fingerprint density at radius 1 is 0.417 bits per heavy atom. The van der Waals surface area contributed by atoms with Crippen LogP contribution in [0.3, 0.4) is 0 Å². The van der Waals surface area contributed by atoms with Crippen LogP contribution in [0.4, 0.5) is 0 Å². The summed E-state index contributed by atoms with van der Waals surface area (Å²) < 4.78 is 0. The molecule has 0 unspecified atom stereocenters. The Morgan fingerprint density at radius 2 is 0.667 bits per heavy atom. The Hall–Kier alpha value is -0.840. The van der Waals surface area contributed by atoms with Crippen LogP contribution in [-0.2, 0) is 4.79 Å². The molecule has 0 rings (SSSR count). The Labute approximate surface area is 151 Å². The smallest absolute Gasteiger partial charge is 0.198 e. The Kier molecular flexibility index (Phi) is 21.4. The predicted molar refractivity (Wildman–Crippen MR) is 104 cm³/mol. The second kappa shape index (κ2) is 22.2. The van der Waals surface area contributed by atoms with Gasteiger partial charge in [-0.1, -0.05) is 103 Å². The molecule has 24 heavy (non-hydrogen) atoms. The van der Waals surface area contributed by atoms with Crippen LogP contribution in [0.25, 0.3) is 0 Å². The van der Waals surface area contributed by atoms with Crippen LogP contribution in [0.1, 0.15) is 128 Å². The molecule has 0 N–H and O–H groups in total. The van der Waals surface area contributed by atoms with E-state index >= 15 is 0 Å². The quantitative estimate of drug-likeness (QED) is 0.217. The molecular weight excluding hydrogens is 294 g/mol. The third-order valence-electron chi connectivity index (χ3n) is 4.82. The van der Waals surface area contributed by atoms with Crippen LogP contribution in [0, 0.1) is 11.3 Å². The summed E-state index contributed by atoms with van der Waals surface area (Å²) in [5, 5.41) is 8.46. The number of carbonyl (C=O) groups excluding carboxylic acids is 1. The summed E-state index contributed by atoms with van der Waals surface area (Å²) in [7, 11) is 0. The summed E-state index contributed by atoms with van der Waals surface area (Å²) in [5.41, 5.74) is 0. The molecule has 0 aliphatic carbocycles. The van der Waals surface area contributed by atoms with Crippen LogP contribution in [-0.4, -0.2) is 6.29 Å². The average molecular weight is 335 g/mol. The van der Waals surface area contributed by atoms with Crippen molar-refractivity contribution < 1.29 is 4.79 Å². The van der Waals surface area contributed by atoms with Gasteiger partial charge in [0.1, 0.15) is 0 Å². The van der Waals surface area contributed by atoms with Crippen molar-refractivity contribution in [1.82, 2.24) is 0 Å². The minimum absolute atomic E-state index is 0.627. The first-order valence-corrected chi connectivity index (χ1v) is 10.6. The Balaban J connectivity index is 2.95. The van der Waals surface area contributed by atoms with Crippen molar-refractivity contribution in [1.29, 1.82) is 5.26 Å². The lowest BCUT2D eigenvalue weighted by atomic mass is 10.0. The van der Waals surface area contributed by atoms with Gasteiger partial charge in [0.05, 0.1) is 6.07 Å². The fourth-order valence-corrected chi connectivity index (χ4v) is 3.23. The SMILES string of the molecule is N#CCCCCCCCCCCCCCCCCCCCC[C]=O. The Morgan fingerprint density at radius 3 is 0.917 bits per heavy atom. The molecule has 0 aliphatic heterocycles. The molecule has 0 aromatic heterocycles. The van der Waals surface area contributed by atoms with Gasteiger partial charge in [0, 0.05) is 12.8 Å². The van der Waals surface area contributed by atoms with E-state index in [9.17, 15) is 4.79 Å². The summed E-state index contributed by atoms with van der Waals surface area (Å²) in [6.45, 7) is 0. The van der Waals surface area contributed by atoms with Gasteiger partial charge >= 0.3 is 0 Å². The molecule has 0 aromatic rings. The maximum Gasteiger partial charge on any atom is 0.198 e. The minimum Gasteiger partial charge on any atom is -0.291 e. The number of nitriles is 1. The standard InChI is InChI=1S/C22H40NO/c23-21-19-17-15-13-11-9-7-5-3-1-2-4-6-8-10-12-14-16-18-20-22-24/h1-20H2. The minimum atomic E-state index is 0.627. The molecule has 0 spiro atoms. The molecule has 0 saturated carbocycles. The van der Waals surface area contributed by atoms with Crippen molar-refractivity contribution in [3.63, 3.8) is 0 Å². The molecule has 0 saturated heterocycles. The van der Waals surface area contributed by atoms with Gasteiger partial charge in [-0.05, 0) is 12.8 Å². The zero-order valence-electron chi connectivity index (χ0n) is 16.0. The van der Waals surface area contributed by atoms with Crippen molar-refractivity contribution >= 4 is 6.29 Å². The largest absolute Gasteiger partial charge is 0.291 e. The van der Waals surface area contributed by atoms with Crippen molar-refractivity contribution in [2.45, 2.75) is 128 Å². The van der Waals surface area contributed by atoms with Gasteiger partial charge in [0.25, 0.3) is 0 Å². The van der Waals surface area contributed by atoms with Crippen LogP contribution >= 0.6 is 0 Å². The monoisotopic (exact) mass is 334 g/mol. The highest BCUT2D eigenvalue weighted by atomic mass is 16.1. The molecule has 1 radical (unpaired) electrons. The average Bonchev–Trinajstić information content (AvgIpc) is 2.60. The Bertz CT molecular complexity index is 282. The molecule has 139 valence electrons. The summed E-state index contributed by atoms with van der Waals surface area (Å²) >= 11 is 0. The van der Waals surface area contributed by atoms with Crippen LogP contribution in [0.2, 0.25) is 0 Å². The van der Waals surface area contributed by atoms with Crippen LogP contribution in [0.5, 0.6) is 0 Å². The van der Waals surface area contributed by atoms with Gasteiger partial charge in [-0.15, -0.1) is 0 Å². The first-order chi connectivity index (χ1) is 11.9. The fourth-order valence-electron chi connectivity index (χ4n) is 3.23. The van der Waals surface area contributed by atoms with E-state index in [0.717, 1.165) is 19.3 Å². The van der Waals surface area contributed by atoms with E-state index in [0.29, 0.717) is 6.42 Å². The van der Waals surface area contributed by atoms with Crippen molar-refractivity contribution in [3.8, 4) is 6.07 Å². The molecule has 0 heterocycles. The lowest BCUT2D eigenvalue weighted by Crippen LogP contribution is -1.84. The normalized spacial score (nSPS) is 10.6. The molecule has 0 atom stereocenters. The second-order valence-corrected chi connectivity index (χ2v) is 7.17. The highest BCUT2D eigenvalue weighted by Gasteiger charge is 1.95. The summed E-state index contributed by atoms with van der Waals surface area (Å²) in [6.07, 6.45) is 27.3. The fraction of sp³-hybridized carbons (Fsp3) is 0.909. The van der Waals surface area contributed by atoms with E-state index in [1.54, 1.807) is 0 Å². The maximum atomic E-state index is 10.1. The van der Waals surface area contributed by atoms with E-state index in [1.807, 2.05) is 6.29 Å². The number of hydrogen-bond acceptors (Lipinski definition) is 2. The zero-order chi connectivity index (χ0) is 17.6. The zero-order valence-corrected chi connectivity index (χ0v) is 16.0. The molecule has 0 bridgehead atoms. The van der Waals surface area contributed by atoms with Gasteiger partial charge in [0.2, 0.25) is 0 Å². The third-order valence-corrected chi connectivity index (χ3v) is 4.82. The number of nitrogens with zero attached hydrogens (tertiary/aromatic N) is 1. The number of rotatable bonds is 20. The molecule has 0 aliphatic rings. The van der Waals surface area contributed by atoms with Crippen LogP contribution in [0.15, 0.2) is 0 Å². The third kappa shape index (κ3) is 21.2. The first kappa shape index (κ1) is 23.2. The van der Waals surface area contributed by atoms with Crippen molar-refractivity contribution in [3.05, 3.63) is 0 Å². The van der Waals surface area contributed by atoms with E-state index in [1.165, 1.54) is 103 Å². The van der Waals surface area contributed by atoms with E-state index in [-0.39, 0.29) is 0 Å².